The van der Waals surface area contributed by atoms with Crippen LogP contribution in [-0.4, -0.2) is 66.0 Å². The van der Waals surface area contributed by atoms with Crippen molar-refractivity contribution in [3.63, 3.8) is 0 Å². The Morgan fingerprint density at radius 3 is 2.50 bits per heavy atom. The van der Waals surface area contributed by atoms with Gasteiger partial charge in [-0.05, 0) is 54.8 Å². The first kappa shape index (κ1) is 22.9. The van der Waals surface area contributed by atoms with Crippen molar-refractivity contribution in [1.29, 1.82) is 0 Å². The molecular weight excluding hydrogens is 470 g/mol. The minimum Gasteiger partial charge on any atom is -0.497 e. The van der Waals surface area contributed by atoms with Crippen molar-refractivity contribution in [2.24, 2.45) is 0 Å². The van der Waals surface area contributed by atoms with Gasteiger partial charge in [0.2, 0.25) is 11.0 Å². The molecule has 178 valence electrons. The van der Waals surface area contributed by atoms with E-state index in [1.807, 2.05) is 41.3 Å². The normalized spacial score (nSPS) is 18.4. The molecular formula is C25H28ClN5O2S. The molecule has 9 heteroatoms. The number of piperazine rings is 1. The highest BCUT2D eigenvalue weighted by Crippen LogP contribution is 2.29. The van der Waals surface area contributed by atoms with Crippen molar-refractivity contribution < 1.29 is 9.53 Å². The minimum absolute atomic E-state index is 0.149. The maximum atomic E-state index is 13.4. The maximum absolute atomic E-state index is 13.4. The molecule has 34 heavy (non-hydrogen) atoms. The van der Waals surface area contributed by atoms with Crippen LogP contribution in [0.2, 0.25) is 5.02 Å². The number of amides is 1. The lowest BCUT2D eigenvalue weighted by Crippen LogP contribution is -2.53. The van der Waals surface area contributed by atoms with Gasteiger partial charge in [0.15, 0.2) is 0 Å². The van der Waals surface area contributed by atoms with Crippen molar-refractivity contribution >= 4 is 39.9 Å². The Labute approximate surface area is 209 Å². The van der Waals surface area contributed by atoms with E-state index in [0.717, 1.165) is 78.5 Å². The average molecular weight is 498 g/mol. The van der Waals surface area contributed by atoms with Gasteiger partial charge in [-0.3, -0.25) is 4.79 Å². The monoisotopic (exact) mass is 497 g/mol. The SMILES string of the molecule is COc1ccc(N2CCN(C(=O)C3CCCN3c3nc(Cc4ccc(Cl)cc4)ns3)CC2)cc1. The van der Waals surface area contributed by atoms with Gasteiger partial charge in [-0.25, -0.2) is 4.98 Å². The second-order valence-corrected chi connectivity index (χ2v) is 9.82. The van der Waals surface area contributed by atoms with Gasteiger partial charge in [0.1, 0.15) is 17.6 Å². The molecule has 0 bridgehead atoms. The third-order valence-corrected chi connectivity index (χ3v) is 7.59. The van der Waals surface area contributed by atoms with E-state index in [9.17, 15) is 4.79 Å². The van der Waals surface area contributed by atoms with E-state index in [-0.39, 0.29) is 11.9 Å². The van der Waals surface area contributed by atoms with E-state index >= 15 is 0 Å². The molecule has 1 unspecified atom stereocenters. The Hall–Kier alpha value is -2.84. The van der Waals surface area contributed by atoms with Crippen LogP contribution in [0.25, 0.3) is 0 Å². The number of anilines is 2. The zero-order chi connectivity index (χ0) is 23.5. The van der Waals surface area contributed by atoms with Crippen LogP contribution in [0, 0.1) is 0 Å². The molecule has 2 fully saturated rings. The minimum atomic E-state index is -0.149. The predicted octanol–water partition coefficient (Wildman–Crippen LogP) is 4.11. The molecule has 2 aromatic carbocycles. The molecule has 0 radical (unpaired) electrons. The quantitative estimate of drug-likeness (QED) is 0.511. The summed E-state index contributed by atoms with van der Waals surface area (Å²) in [5.41, 5.74) is 2.29. The molecule has 2 saturated heterocycles. The number of ether oxygens (including phenoxy) is 1. The van der Waals surface area contributed by atoms with Crippen molar-refractivity contribution in [3.8, 4) is 5.75 Å². The summed E-state index contributed by atoms with van der Waals surface area (Å²) >= 11 is 7.37. The van der Waals surface area contributed by atoms with Crippen LogP contribution in [0.15, 0.2) is 48.5 Å². The van der Waals surface area contributed by atoms with Crippen LogP contribution in [0.5, 0.6) is 5.75 Å². The molecule has 1 atom stereocenters. The first-order chi connectivity index (χ1) is 16.6. The fourth-order valence-electron chi connectivity index (χ4n) is 4.66. The second kappa shape index (κ2) is 10.2. The molecule has 3 aromatic rings. The van der Waals surface area contributed by atoms with E-state index in [0.29, 0.717) is 6.42 Å². The summed E-state index contributed by atoms with van der Waals surface area (Å²) in [4.78, 5) is 24.7. The van der Waals surface area contributed by atoms with Crippen LogP contribution in [0.1, 0.15) is 24.2 Å². The first-order valence-corrected chi connectivity index (χ1v) is 12.8. The lowest BCUT2D eigenvalue weighted by atomic mass is 10.1. The molecule has 0 N–H and O–H groups in total. The Morgan fingerprint density at radius 2 is 1.79 bits per heavy atom. The summed E-state index contributed by atoms with van der Waals surface area (Å²) in [5, 5.41) is 1.57. The highest BCUT2D eigenvalue weighted by Gasteiger charge is 2.36. The largest absolute Gasteiger partial charge is 0.497 e. The predicted molar refractivity (Wildman–Crippen MR) is 136 cm³/mol. The zero-order valence-electron chi connectivity index (χ0n) is 19.2. The van der Waals surface area contributed by atoms with Crippen LogP contribution in [-0.2, 0) is 11.2 Å². The van der Waals surface area contributed by atoms with E-state index < -0.39 is 0 Å². The van der Waals surface area contributed by atoms with Gasteiger partial charge in [0.25, 0.3) is 0 Å². The number of rotatable bonds is 6. The third-order valence-electron chi connectivity index (χ3n) is 6.55. The Balaban J connectivity index is 1.20. The van der Waals surface area contributed by atoms with Crippen LogP contribution >= 0.6 is 23.1 Å². The Morgan fingerprint density at radius 1 is 1.06 bits per heavy atom. The summed E-state index contributed by atoms with van der Waals surface area (Å²) in [5.74, 6) is 1.85. The van der Waals surface area contributed by atoms with Crippen LogP contribution < -0.4 is 14.5 Å². The van der Waals surface area contributed by atoms with Crippen molar-refractivity contribution in [1.82, 2.24) is 14.3 Å². The number of benzene rings is 2. The molecule has 1 aromatic heterocycles. The van der Waals surface area contributed by atoms with Gasteiger partial charge in [0, 0.05) is 61.4 Å². The van der Waals surface area contributed by atoms with Gasteiger partial charge in [0.05, 0.1) is 7.11 Å². The maximum Gasteiger partial charge on any atom is 0.245 e. The average Bonchev–Trinajstić information content (AvgIpc) is 3.55. The summed E-state index contributed by atoms with van der Waals surface area (Å²) < 4.78 is 9.81. The molecule has 0 spiro atoms. The van der Waals surface area contributed by atoms with Crippen LogP contribution in [0.4, 0.5) is 10.8 Å². The smallest absolute Gasteiger partial charge is 0.245 e. The highest BCUT2D eigenvalue weighted by molar-refractivity contribution is 7.09. The standard InChI is InChI=1S/C25H28ClN5O2S/c1-33-21-10-8-20(9-11-21)29-13-15-30(16-14-29)24(32)22-3-2-12-31(22)25-27-23(28-34-25)17-18-4-6-19(26)7-5-18/h4-11,22H,2-3,12-17H2,1H3. The van der Waals surface area contributed by atoms with E-state index in [1.54, 1.807) is 7.11 Å². The molecule has 5 rings (SSSR count). The summed E-state index contributed by atoms with van der Waals surface area (Å²) in [6.45, 7) is 3.96. The number of hydrogen-bond acceptors (Lipinski definition) is 7. The summed E-state index contributed by atoms with van der Waals surface area (Å²) in [6, 6.07) is 15.7. The molecule has 7 nitrogen and oxygen atoms in total. The van der Waals surface area contributed by atoms with Crippen LogP contribution in [0.3, 0.4) is 0 Å². The lowest BCUT2D eigenvalue weighted by molar-refractivity contribution is -0.132. The molecule has 0 saturated carbocycles. The molecule has 1 amide bonds. The fourth-order valence-corrected chi connectivity index (χ4v) is 5.55. The number of methoxy groups -OCH3 is 1. The highest BCUT2D eigenvalue weighted by atomic mass is 35.5. The van der Waals surface area contributed by atoms with Gasteiger partial charge in [-0.1, -0.05) is 23.7 Å². The van der Waals surface area contributed by atoms with E-state index in [1.165, 1.54) is 11.5 Å². The molecule has 0 aliphatic carbocycles. The Kier molecular flexibility index (Phi) is 6.87. The van der Waals surface area contributed by atoms with E-state index in [4.69, 9.17) is 21.3 Å². The van der Waals surface area contributed by atoms with Crippen molar-refractivity contribution in [3.05, 3.63) is 64.9 Å². The number of carbonyl (C=O) groups is 1. The first-order valence-electron chi connectivity index (χ1n) is 11.6. The van der Waals surface area contributed by atoms with Gasteiger partial charge >= 0.3 is 0 Å². The zero-order valence-corrected chi connectivity index (χ0v) is 20.8. The van der Waals surface area contributed by atoms with Crippen molar-refractivity contribution in [2.75, 3.05) is 49.6 Å². The second-order valence-electron chi connectivity index (χ2n) is 8.66. The molecule has 3 heterocycles. The molecule has 2 aliphatic heterocycles. The van der Waals surface area contributed by atoms with Crippen molar-refractivity contribution in [2.45, 2.75) is 25.3 Å². The number of nitrogens with zero attached hydrogens (tertiary/aromatic N) is 5. The molecule has 2 aliphatic rings. The summed E-state index contributed by atoms with van der Waals surface area (Å²) in [7, 11) is 1.67. The Bertz CT molecular complexity index is 1110. The third kappa shape index (κ3) is 4.98. The van der Waals surface area contributed by atoms with Gasteiger partial charge in [-0.15, -0.1) is 0 Å². The number of carbonyl (C=O) groups excluding carboxylic acids is 1. The number of aromatic nitrogens is 2. The van der Waals surface area contributed by atoms with Gasteiger partial charge in [-0.2, -0.15) is 4.37 Å². The fraction of sp³-hybridized carbons (Fsp3) is 0.400. The van der Waals surface area contributed by atoms with Gasteiger partial charge < -0.3 is 19.4 Å². The number of hydrogen-bond donors (Lipinski definition) is 0. The van der Waals surface area contributed by atoms with E-state index in [2.05, 4.69) is 26.3 Å². The topological polar surface area (TPSA) is 61.8 Å². The number of halogens is 1. The lowest BCUT2D eigenvalue weighted by Gasteiger charge is -2.38. The summed E-state index contributed by atoms with van der Waals surface area (Å²) in [6.07, 6.45) is 2.52.